The predicted molar refractivity (Wildman–Crippen MR) is 91.2 cm³/mol. The molecule has 120 valence electrons. The number of hydrogen-bond acceptors (Lipinski definition) is 1. The predicted octanol–water partition coefficient (Wildman–Crippen LogP) is 5.58. The van der Waals surface area contributed by atoms with Crippen LogP contribution in [0.2, 0.25) is 0 Å². The molecule has 2 saturated carbocycles. The summed E-state index contributed by atoms with van der Waals surface area (Å²) in [5.41, 5.74) is 4.68. The Morgan fingerprint density at radius 2 is 2.00 bits per heavy atom. The van der Waals surface area contributed by atoms with E-state index in [-0.39, 0.29) is 0 Å². The maximum absolute atomic E-state index is 10.0. The molecule has 0 saturated heterocycles. The van der Waals surface area contributed by atoms with E-state index < -0.39 is 0 Å². The summed E-state index contributed by atoms with van der Waals surface area (Å²) >= 11 is 0. The zero-order valence-corrected chi connectivity index (χ0v) is 14.4. The Hall–Kier alpha value is -0.980. The van der Waals surface area contributed by atoms with Gasteiger partial charge in [0.1, 0.15) is 5.75 Å². The van der Waals surface area contributed by atoms with Crippen molar-refractivity contribution in [1.29, 1.82) is 0 Å². The zero-order valence-electron chi connectivity index (χ0n) is 14.4. The van der Waals surface area contributed by atoms with Crippen molar-refractivity contribution >= 4 is 0 Å². The minimum Gasteiger partial charge on any atom is -0.508 e. The third-order valence-corrected chi connectivity index (χ3v) is 7.73. The SMILES string of the molecule is CC[C@H]1CC[C@H]2[C@@H]3CCc4cc(O)c(C)cc4[C@H]3CC[C@]12C. The Morgan fingerprint density at radius 3 is 2.77 bits per heavy atom. The summed E-state index contributed by atoms with van der Waals surface area (Å²) in [4.78, 5) is 0. The van der Waals surface area contributed by atoms with E-state index in [2.05, 4.69) is 32.9 Å². The Morgan fingerprint density at radius 1 is 1.18 bits per heavy atom. The van der Waals surface area contributed by atoms with Gasteiger partial charge < -0.3 is 5.11 Å². The maximum atomic E-state index is 10.0. The van der Waals surface area contributed by atoms with Gasteiger partial charge in [0.25, 0.3) is 0 Å². The fourth-order valence-electron chi connectivity index (χ4n) is 6.50. The number of phenolic OH excluding ortho intramolecular Hbond substituents is 1. The standard InChI is InChI=1S/C21H30O/c1-4-15-6-8-19-17-7-5-14-12-20(22)13(2)11-18(14)16(17)9-10-21(15,19)3/h11-12,15-17,19,22H,4-10H2,1-3H3/t15-,16-,17+,19-,21+/m0/s1. The summed E-state index contributed by atoms with van der Waals surface area (Å²) in [5.74, 6) is 4.05. The Balaban J connectivity index is 1.70. The number of phenols is 1. The second-order valence-electron chi connectivity index (χ2n) is 8.48. The van der Waals surface area contributed by atoms with Crippen molar-refractivity contribution in [2.75, 3.05) is 0 Å². The minimum absolute atomic E-state index is 0.491. The number of fused-ring (bicyclic) bond motifs is 5. The molecule has 3 aliphatic carbocycles. The Kier molecular flexibility index (Phi) is 3.33. The molecule has 0 radical (unpaired) electrons. The Labute approximate surface area is 135 Å². The van der Waals surface area contributed by atoms with Crippen molar-refractivity contribution in [3.05, 3.63) is 28.8 Å². The molecule has 1 aromatic rings. The van der Waals surface area contributed by atoms with Crippen LogP contribution < -0.4 is 0 Å². The third-order valence-electron chi connectivity index (χ3n) is 7.73. The van der Waals surface area contributed by atoms with Crippen molar-refractivity contribution in [2.24, 2.45) is 23.2 Å². The first-order valence-corrected chi connectivity index (χ1v) is 9.37. The van der Waals surface area contributed by atoms with Crippen molar-refractivity contribution in [3.63, 3.8) is 0 Å². The van der Waals surface area contributed by atoms with Gasteiger partial charge in [0, 0.05) is 0 Å². The van der Waals surface area contributed by atoms with Gasteiger partial charge >= 0.3 is 0 Å². The molecule has 1 nitrogen and oxygen atoms in total. The van der Waals surface area contributed by atoms with Crippen LogP contribution in [0.3, 0.4) is 0 Å². The number of rotatable bonds is 1. The van der Waals surface area contributed by atoms with Crippen LogP contribution in [-0.2, 0) is 6.42 Å². The number of aromatic hydroxyl groups is 1. The van der Waals surface area contributed by atoms with Gasteiger partial charge in [-0.25, -0.2) is 0 Å². The average Bonchev–Trinajstić information content (AvgIpc) is 2.85. The number of benzene rings is 1. The van der Waals surface area contributed by atoms with Gasteiger partial charge in [-0.1, -0.05) is 26.3 Å². The summed E-state index contributed by atoms with van der Waals surface area (Å²) in [6, 6.07) is 4.36. The lowest BCUT2D eigenvalue weighted by molar-refractivity contribution is 0.0273. The number of aryl methyl sites for hydroxylation is 2. The fourth-order valence-corrected chi connectivity index (χ4v) is 6.50. The molecule has 1 heteroatoms. The molecule has 3 aliphatic rings. The van der Waals surface area contributed by atoms with Gasteiger partial charge in [-0.3, -0.25) is 0 Å². The average molecular weight is 298 g/mol. The molecule has 1 aromatic carbocycles. The van der Waals surface area contributed by atoms with E-state index in [0.717, 1.165) is 29.2 Å². The van der Waals surface area contributed by atoms with Gasteiger partial charge in [-0.05, 0) is 97.3 Å². The van der Waals surface area contributed by atoms with Crippen LogP contribution in [0.4, 0.5) is 0 Å². The molecule has 5 atom stereocenters. The summed E-state index contributed by atoms with van der Waals surface area (Å²) in [6.45, 7) is 7.05. The normalized spacial score (nSPS) is 40.0. The minimum atomic E-state index is 0.491. The largest absolute Gasteiger partial charge is 0.508 e. The van der Waals surface area contributed by atoms with Crippen molar-refractivity contribution in [2.45, 2.75) is 71.6 Å². The highest BCUT2D eigenvalue weighted by atomic mass is 16.3. The van der Waals surface area contributed by atoms with E-state index >= 15 is 0 Å². The smallest absolute Gasteiger partial charge is 0.118 e. The van der Waals surface area contributed by atoms with Crippen LogP contribution >= 0.6 is 0 Å². The molecular weight excluding hydrogens is 268 g/mol. The van der Waals surface area contributed by atoms with Gasteiger partial charge in [-0.15, -0.1) is 0 Å². The van der Waals surface area contributed by atoms with Crippen LogP contribution in [0, 0.1) is 30.1 Å². The van der Waals surface area contributed by atoms with E-state index in [0.29, 0.717) is 11.2 Å². The number of hydrogen-bond donors (Lipinski definition) is 1. The first kappa shape index (κ1) is 14.6. The summed E-state index contributed by atoms with van der Waals surface area (Å²) in [7, 11) is 0. The molecule has 1 N–H and O–H groups in total. The molecule has 0 amide bonds. The second-order valence-corrected chi connectivity index (χ2v) is 8.48. The molecule has 22 heavy (non-hydrogen) atoms. The molecule has 0 unspecified atom stereocenters. The third kappa shape index (κ3) is 1.90. The zero-order chi connectivity index (χ0) is 15.5. The lowest BCUT2D eigenvalue weighted by Gasteiger charge is -2.51. The van der Waals surface area contributed by atoms with Crippen molar-refractivity contribution in [1.82, 2.24) is 0 Å². The van der Waals surface area contributed by atoms with Gasteiger partial charge in [0.2, 0.25) is 0 Å². The van der Waals surface area contributed by atoms with Crippen LogP contribution in [0.1, 0.15) is 75.0 Å². The summed E-state index contributed by atoms with van der Waals surface area (Å²) < 4.78 is 0. The lowest BCUT2D eigenvalue weighted by atomic mass is 9.54. The summed E-state index contributed by atoms with van der Waals surface area (Å²) in [5, 5.41) is 10.0. The maximum Gasteiger partial charge on any atom is 0.118 e. The van der Waals surface area contributed by atoms with E-state index in [1.54, 1.807) is 5.56 Å². The Bertz CT molecular complexity index is 590. The molecule has 0 bridgehead atoms. The van der Waals surface area contributed by atoms with E-state index in [1.807, 2.05) is 0 Å². The van der Waals surface area contributed by atoms with Crippen LogP contribution in [0.25, 0.3) is 0 Å². The van der Waals surface area contributed by atoms with Gasteiger partial charge in [0.05, 0.1) is 0 Å². The van der Waals surface area contributed by atoms with E-state index in [9.17, 15) is 5.11 Å². The first-order valence-electron chi connectivity index (χ1n) is 9.37. The van der Waals surface area contributed by atoms with E-state index in [4.69, 9.17) is 0 Å². The fraction of sp³-hybridized carbons (Fsp3) is 0.714. The monoisotopic (exact) mass is 298 g/mol. The molecule has 4 rings (SSSR count). The first-order chi connectivity index (χ1) is 10.5. The molecule has 2 fully saturated rings. The van der Waals surface area contributed by atoms with Gasteiger partial charge in [-0.2, -0.15) is 0 Å². The van der Waals surface area contributed by atoms with Crippen LogP contribution in [0.5, 0.6) is 5.75 Å². The van der Waals surface area contributed by atoms with Crippen LogP contribution in [0.15, 0.2) is 12.1 Å². The highest BCUT2D eigenvalue weighted by molar-refractivity contribution is 5.45. The van der Waals surface area contributed by atoms with Gasteiger partial charge in [0.15, 0.2) is 0 Å². The van der Waals surface area contributed by atoms with Crippen molar-refractivity contribution in [3.8, 4) is 5.75 Å². The highest BCUT2D eigenvalue weighted by Crippen LogP contribution is 2.63. The van der Waals surface area contributed by atoms with E-state index in [1.165, 1.54) is 50.5 Å². The van der Waals surface area contributed by atoms with Crippen LogP contribution in [-0.4, -0.2) is 5.11 Å². The second kappa shape index (κ2) is 5.01. The topological polar surface area (TPSA) is 20.2 Å². The lowest BCUT2D eigenvalue weighted by Crippen LogP contribution is -2.42. The molecule has 0 aliphatic heterocycles. The molecule has 0 heterocycles. The molecule has 0 spiro atoms. The van der Waals surface area contributed by atoms with Crippen molar-refractivity contribution < 1.29 is 5.11 Å². The molecular formula is C21H30O. The highest BCUT2D eigenvalue weighted by Gasteiger charge is 2.53. The summed E-state index contributed by atoms with van der Waals surface area (Å²) in [6.07, 6.45) is 9.59. The quantitative estimate of drug-likeness (QED) is 0.717. The molecule has 0 aromatic heterocycles.